The lowest BCUT2D eigenvalue weighted by Gasteiger charge is -2.18. The van der Waals surface area contributed by atoms with E-state index in [1.807, 2.05) is 0 Å². The normalized spacial score (nSPS) is 18.2. The minimum absolute atomic E-state index is 0.129. The number of nitrogens with zero attached hydrogens (tertiary/aromatic N) is 4. The Kier molecular flexibility index (Phi) is 3.58. The van der Waals surface area contributed by atoms with E-state index in [0.717, 1.165) is 19.4 Å². The minimum atomic E-state index is -0.329. The Morgan fingerprint density at radius 1 is 1.00 bits per heavy atom. The van der Waals surface area contributed by atoms with Crippen LogP contribution in [-0.4, -0.2) is 33.5 Å². The fraction of sp³-hybridized carbons (Fsp3) is 0.333. The molecule has 0 saturated carbocycles. The van der Waals surface area contributed by atoms with Crippen molar-refractivity contribution >= 4 is 0 Å². The van der Waals surface area contributed by atoms with E-state index < -0.39 is 0 Å². The van der Waals surface area contributed by atoms with Gasteiger partial charge in [0.2, 0.25) is 0 Å². The first kappa shape index (κ1) is 14.0. The second-order valence-corrected chi connectivity index (χ2v) is 5.30. The maximum Gasteiger partial charge on any atom is 0.299 e. The number of halogens is 1. The lowest BCUT2D eigenvalue weighted by Crippen LogP contribution is -2.16. The van der Waals surface area contributed by atoms with E-state index in [0.29, 0.717) is 18.0 Å². The molecule has 1 aliphatic heterocycles. The summed E-state index contributed by atoms with van der Waals surface area (Å²) in [5.41, 5.74) is 0.616. The van der Waals surface area contributed by atoms with Crippen LogP contribution in [0.25, 0.3) is 23.2 Å². The Balaban J connectivity index is 1.57. The van der Waals surface area contributed by atoms with E-state index in [1.165, 1.54) is 12.1 Å². The van der Waals surface area contributed by atoms with E-state index in [2.05, 4.69) is 20.3 Å². The highest BCUT2D eigenvalue weighted by molar-refractivity contribution is 5.55. The van der Waals surface area contributed by atoms with Crippen molar-refractivity contribution in [3.8, 4) is 23.2 Å². The Morgan fingerprint density at radius 2 is 1.83 bits per heavy atom. The number of hydrogen-bond donors (Lipinski definition) is 0. The van der Waals surface area contributed by atoms with Gasteiger partial charge in [0, 0.05) is 18.1 Å². The molecular formula is C15H13FN4O3. The third-order valence-corrected chi connectivity index (χ3v) is 3.68. The molecule has 3 aromatic rings. The molecule has 1 atom stereocenters. The van der Waals surface area contributed by atoms with Crippen LogP contribution in [0.4, 0.5) is 4.39 Å². The number of rotatable bonds is 3. The number of ether oxygens (including phenoxy) is 1. The average Bonchev–Trinajstić information content (AvgIpc) is 3.26. The van der Waals surface area contributed by atoms with Crippen molar-refractivity contribution in [2.45, 2.75) is 18.8 Å². The maximum atomic E-state index is 12.9. The fourth-order valence-electron chi connectivity index (χ4n) is 2.46. The smallest absolute Gasteiger partial charge is 0.299 e. The molecule has 118 valence electrons. The molecule has 4 rings (SSSR count). The first-order valence-electron chi connectivity index (χ1n) is 7.31. The summed E-state index contributed by atoms with van der Waals surface area (Å²) in [5, 5.41) is 7.81. The fourth-order valence-corrected chi connectivity index (χ4v) is 2.46. The van der Waals surface area contributed by atoms with Crippen LogP contribution in [0.3, 0.4) is 0 Å². The summed E-state index contributed by atoms with van der Waals surface area (Å²) in [7, 11) is 0. The SMILES string of the molecule is Fc1ccc(-c2nc(-c3nc(C4CCCOC4)no3)no2)cc1. The van der Waals surface area contributed by atoms with E-state index in [9.17, 15) is 4.39 Å². The molecule has 0 spiro atoms. The second-order valence-electron chi connectivity index (χ2n) is 5.30. The first-order valence-corrected chi connectivity index (χ1v) is 7.31. The molecule has 0 amide bonds. The number of hydrogen-bond acceptors (Lipinski definition) is 7. The largest absolute Gasteiger partial charge is 0.381 e. The molecule has 1 saturated heterocycles. The number of aromatic nitrogens is 4. The summed E-state index contributed by atoms with van der Waals surface area (Å²) < 4.78 is 28.7. The predicted molar refractivity (Wildman–Crippen MR) is 75.8 cm³/mol. The van der Waals surface area contributed by atoms with Crippen LogP contribution in [-0.2, 0) is 4.74 Å². The van der Waals surface area contributed by atoms with Crippen LogP contribution < -0.4 is 0 Å². The Labute approximate surface area is 130 Å². The predicted octanol–water partition coefficient (Wildman–Crippen LogP) is 2.82. The highest BCUT2D eigenvalue weighted by atomic mass is 19.1. The van der Waals surface area contributed by atoms with Gasteiger partial charge in [0.25, 0.3) is 17.6 Å². The Hall–Kier alpha value is -2.61. The van der Waals surface area contributed by atoms with Gasteiger partial charge in [-0.1, -0.05) is 10.3 Å². The monoisotopic (exact) mass is 316 g/mol. The standard InChI is InChI=1S/C15H13FN4O3/c16-11-5-3-9(4-6-11)14-18-13(20-22-14)15-17-12(19-23-15)10-2-1-7-21-8-10/h3-6,10H,1-2,7-8H2. The average molecular weight is 316 g/mol. The highest BCUT2D eigenvalue weighted by Crippen LogP contribution is 2.26. The summed E-state index contributed by atoms with van der Waals surface area (Å²) in [6, 6.07) is 5.77. The zero-order chi connectivity index (χ0) is 15.6. The van der Waals surface area contributed by atoms with Gasteiger partial charge in [-0.2, -0.15) is 9.97 Å². The third kappa shape index (κ3) is 2.85. The van der Waals surface area contributed by atoms with Crippen LogP contribution in [0.5, 0.6) is 0 Å². The van der Waals surface area contributed by atoms with Gasteiger partial charge in [-0.15, -0.1) is 0 Å². The van der Waals surface area contributed by atoms with Gasteiger partial charge in [0.1, 0.15) is 5.82 Å². The van der Waals surface area contributed by atoms with Gasteiger partial charge in [0.15, 0.2) is 5.82 Å². The molecular weight excluding hydrogens is 303 g/mol. The summed E-state index contributed by atoms with van der Waals surface area (Å²) in [6.07, 6.45) is 1.94. The lowest BCUT2D eigenvalue weighted by atomic mass is 10.0. The van der Waals surface area contributed by atoms with Crippen molar-refractivity contribution in [3.63, 3.8) is 0 Å². The maximum absolute atomic E-state index is 12.9. The summed E-state index contributed by atoms with van der Waals surface area (Å²) in [6.45, 7) is 1.36. The van der Waals surface area contributed by atoms with E-state index in [-0.39, 0.29) is 29.3 Å². The van der Waals surface area contributed by atoms with Crippen molar-refractivity contribution in [1.29, 1.82) is 0 Å². The van der Waals surface area contributed by atoms with Crippen molar-refractivity contribution < 1.29 is 18.2 Å². The van der Waals surface area contributed by atoms with Crippen LogP contribution in [0.15, 0.2) is 33.3 Å². The van der Waals surface area contributed by atoms with Crippen LogP contribution in [0.1, 0.15) is 24.6 Å². The molecule has 0 bridgehead atoms. The van der Waals surface area contributed by atoms with Crippen molar-refractivity contribution in [2.24, 2.45) is 0 Å². The molecule has 0 aliphatic carbocycles. The Morgan fingerprint density at radius 3 is 2.61 bits per heavy atom. The van der Waals surface area contributed by atoms with E-state index in [4.69, 9.17) is 13.8 Å². The van der Waals surface area contributed by atoms with Crippen LogP contribution >= 0.6 is 0 Å². The number of benzene rings is 1. The molecule has 0 N–H and O–H groups in total. The zero-order valence-electron chi connectivity index (χ0n) is 12.1. The van der Waals surface area contributed by atoms with Crippen molar-refractivity contribution in [1.82, 2.24) is 20.3 Å². The minimum Gasteiger partial charge on any atom is -0.381 e. The van der Waals surface area contributed by atoms with E-state index >= 15 is 0 Å². The summed E-state index contributed by atoms with van der Waals surface area (Å²) in [4.78, 5) is 8.53. The zero-order valence-corrected chi connectivity index (χ0v) is 12.1. The topological polar surface area (TPSA) is 87.1 Å². The summed E-state index contributed by atoms with van der Waals surface area (Å²) in [5.74, 6) is 1.06. The van der Waals surface area contributed by atoms with Gasteiger partial charge < -0.3 is 13.8 Å². The molecule has 7 nitrogen and oxygen atoms in total. The van der Waals surface area contributed by atoms with E-state index in [1.54, 1.807) is 12.1 Å². The third-order valence-electron chi connectivity index (χ3n) is 3.68. The molecule has 8 heteroatoms. The first-order chi connectivity index (χ1) is 11.3. The molecule has 1 aliphatic rings. The molecule has 2 aromatic heterocycles. The lowest BCUT2D eigenvalue weighted by molar-refractivity contribution is 0.0773. The molecule has 3 heterocycles. The molecule has 1 fully saturated rings. The van der Waals surface area contributed by atoms with Gasteiger partial charge in [-0.05, 0) is 37.1 Å². The van der Waals surface area contributed by atoms with Crippen molar-refractivity contribution in [2.75, 3.05) is 13.2 Å². The molecule has 1 unspecified atom stereocenters. The van der Waals surface area contributed by atoms with Gasteiger partial charge in [-0.3, -0.25) is 0 Å². The molecule has 23 heavy (non-hydrogen) atoms. The quantitative estimate of drug-likeness (QED) is 0.734. The van der Waals surface area contributed by atoms with Crippen LogP contribution in [0.2, 0.25) is 0 Å². The van der Waals surface area contributed by atoms with Gasteiger partial charge in [-0.25, -0.2) is 4.39 Å². The van der Waals surface area contributed by atoms with Gasteiger partial charge >= 0.3 is 0 Å². The van der Waals surface area contributed by atoms with Gasteiger partial charge in [0.05, 0.1) is 6.61 Å². The summed E-state index contributed by atoms with van der Waals surface area (Å²) >= 11 is 0. The molecule has 1 aromatic carbocycles. The van der Waals surface area contributed by atoms with Crippen molar-refractivity contribution in [3.05, 3.63) is 35.9 Å². The Bertz CT molecular complexity index is 793. The molecule has 0 radical (unpaired) electrons. The highest BCUT2D eigenvalue weighted by Gasteiger charge is 2.24. The van der Waals surface area contributed by atoms with Crippen LogP contribution in [0, 0.1) is 5.82 Å². The second kappa shape index (κ2) is 5.88.